The van der Waals surface area contributed by atoms with Crippen LogP contribution in [0.25, 0.3) is 0 Å². The molecule has 0 unspecified atom stereocenters. The van der Waals surface area contributed by atoms with Gasteiger partial charge in [-0.05, 0) is 79.4 Å². The molecule has 0 bridgehead atoms. The Morgan fingerprint density at radius 1 is 0.909 bits per heavy atom. The van der Waals surface area contributed by atoms with E-state index in [0.29, 0.717) is 22.7 Å². The van der Waals surface area contributed by atoms with Crippen molar-refractivity contribution in [1.82, 2.24) is 0 Å². The van der Waals surface area contributed by atoms with Crippen LogP contribution in [0.2, 0.25) is 0 Å². The first-order chi connectivity index (χ1) is 16.0. The molecule has 33 heavy (non-hydrogen) atoms. The fraction of sp³-hybridized carbons (Fsp3) is 0.259. The number of nitrogens with one attached hydrogen (secondary N) is 2. The standard InChI is InChI=1S/C27H30N2O4/c1-4-5-6-20-8-12-22(13-9-20)28-26(30)18-33-23-14-10-21(11-15-23)27(31)29-24-17-19(2)7-16-25(24)32-3/h7-17H,4-6,18H2,1-3H3,(H,28,30)(H,29,31). The van der Waals surface area contributed by atoms with Gasteiger partial charge < -0.3 is 20.1 Å². The van der Waals surface area contributed by atoms with E-state index in [1.54, 1.807) is 31.4 Å². The zero-order valence-electron chi connectivity index (χ0n) is 19.3. The Hall–Kier alpha value is -3.80. The molecular formula is C27H30N2O4. The van der Waals surface area contributed by atoms with Crippen LogP contribution in [-0.2, 0) is 11.2 Å². The Labute approximate surface area is 194 Å². The molecule has 2 amide bonds. The number of amides is 2. The second-order valence-corrected chi connectivity index (χ2v) is 7.82. The summed E-state index contributed by atoms with van der Waals surface area (Å²) in [5.74, 6) is 0.593. The molecule has 0 aliphatic heterocycles. The Morgan fingerprint density at radius 2 is 1.64 bits per heavy atom. The monoisotopic (exact) mass is 446 g/mol. The predicted octanol–water partition coefficient (Wildman–Crippen LogP) is 5.62. The van der Waals surface area contributed by atoms with Gasteiger partial charge in [0.1, 0.15) is 11.5 Å². The molecule has 0 radical (unpaired) electrons. The number of carbonyl (C=O) groups excluding carboxylic acids is 2. The molecule has 3 aromatic carbocycles. The van der Waals surface area contributed by atoms with E-state index < -0.39 is 0 Å². The highest BCUT2D eigenvalue weighted by Crippen LogP contribution is 2.26. The number of carbonyl (C=O) groups is 2. The van der Waals surface area contributed by atoms with Crippen LogP contribution < -0.4 is 20.1 Å². The quantitative estimate of drug-likeness (QED) is 0.424. The number of unbranched alkanes of at least 4 members (excludes halogenated alkanes) is 1. The number of hydrogen-bond donors (Lipinski definition) is 2. The molecule has 6 nitrogen and oxygen atoms in total. The van der Waals surface area contributed by atoms with Crippen molar-refractivity contribution in [3.05, 3.63) is 83.4 Å². The van der Waals surface area contributed by atoms with Gasteiger partial charge in [0.05, 0.1) is 12.8 Å². The topological polar surface area (TPSA) is 76.7 Å². The molecule has 0 heterocycles. The molecule has 0 aliphatic rings. The van der Waals surface area contributed by atoms with E-state index in [9.17, 15) is 9.59 Å². The molecule has 0 spiro atoms. The maximum Gasteiger partial charge on any atom is 0.262 e. The second-order valence-electron chi connectivity index (χ2n) is 7.82. The van der Waals surface area contributed by atoms with Crippen molar-refractivity contribution in [3.63, 3.8) is 0 Å². The van der Waals surface area contributed by atoms with Crippen molar-refractivity contribution in [2.45, 2.75) is 33.1 Å². The van der Waals surface area contributed by atoms with Crippen LogP contribution in [0, 0.1) is 6.92 Å². The molecule has 6 heteroatoms. The van der Waals surface area contributed by atoms with Crippen molar-refractivity contribution in [1.29, 1.82) is 0 Å². The molecule has 3 aromatic rings. The minimum atomic E-state index is -0.259. The smallest absolute Gasteiger partial charge is 0.262 e. The zero-order chi connectivity index (χ0) is 23.6. The zero-order valence-corrected chi connectivity index (χ0v) is 19.3. The largest absolute Gasteiger partial charge is 0.495 e. The van der Waals surface area contributed by atoms with Gasteiger partial charge in [0.25, 0.3) is 11.8 Å². The average molecular weight is 447 g/mol. The summed E-state index contributed by atoms with van der Waals surface area (Å²) in [6.45, 7) is 3.99. The Balaban J connectivity index is 1.50. The minimum Gasteiger partial charge on any atom is -0.495 e. The van der Waals surface area contributed by atoms with Gasteiger partial charge >= 0.3 is 0 Å². The number of hydrogen-bond acceptors (Lipinski definition) is 4. The van der Waals surface area contributed by atoms with Gasteiger partial charge in [0, 0.05) is 11.3 Å². The first kappa shape index (κ1) is 23.9. The van der Waals surface area contributed by atoms with Crippen LogP contribution in [0.5, 0.6) is 11.5 Å². The van der Waals surface area contributed by atoms with Gasteiger partial charge in [0.15, 0.2) is 6.61 Å². The molecule has 0 aromatic heterocycles. The molecule has 172 valence electrons. The molecule has 0 saturated carbocycles. The number of ether oxygens (including phenoxy) is 2. The Bertz CT molecular complexity index is 1080. The first-order valence-electron chi connectivity index (χ1n) is 11.1. The van der Waals surface area contributed by atoms with Gasteiger partial charge in [-0.15, -0.1) is 0 Å². The summed E-state index contributed by atoms with van der Waals surface area (Å²) in [7, 11) is 1.56. The lowest BCUT2D eigenvalue weighted by Gasteiger charge is -2.12. The summed E-state index contributed by atoms with van der Waals surface area (Å²) >= 11 is 0. The number of anilines is 2. The van der Waals surface area contributed by atoms with E-state index >= 15 is 0 Å². The minimum absolute atomic E-state index is 0.121. The summed E-state index contributed by atoms with van der Waals surface area (Å²) in [5, 5.41) is 5.69. The highest BCUT2D eigenvalue weighted by Gasteiger charge is 2.11. The number of methoxy groups -OCH3 is 1. The normalized spacial score (nSPS) is 10.4. The van der Waals surface area contributed by atoms with Crippen LogP contribution >= 0.6 is 0 Å². The molecule has 0 aliphatic carbocycles. The van der Waals surface area contributed by atoms with E-state index in [1.165, 1.54) is 5.56 Å². The fourth-order valence-electron chi connectivity index (χ4n) is 3.30. The molecule has 0 atom stereocenters. The van der Waals surface area contributed by atoms with Gasteiger partial charge in [-0.2, -0.15) is 0 Å². The summed E-state index contributed by atoms with van der Waals surface area (Å²) in [5.41, 5.74) is 4.09. The number of benzene rings is 3. The summed E-state index contributed by atoms with van der Waals surface area (Å²) in [4.78, 5) is 24.8. The predicted molar refractivity (Wildman–Crippen MR) is 131 cm³/mol. The lowest BCUT2D eigenvalue weighted by atomic mass is 10.1. The van der Waals surface area contributed by atoms with E-state index in [0.717, 1.165) is 30.5 Å². The maximum atomic E-state index is 12.6. The van der Waals surface area contributed by atoms with Gasteiger partial charge in [-0.3, -0.25) is 9.59 Å². The first-order valence-corrected chi connectivity index (χ1v) is 11.1. The SMILES string of the molecule is CCCCc1ccc(NC(=O)COc2ccc(C(=O)Nc3cc(C)ccc3OC)cc2)cc1. The molecule has 3 rings (SSSR count). The van der Waals surface area contributed by atoms with Crippen molar-refractivity contribution < 1.29 is 19.1 Å². The summed E-state index contributed by atoms with van der Waals surface area (Å²) < 4.78 is 10.9. The number of rotatable bonds is 10. The van der Waals surface area contributed by atoms with Crippen LogP contribution in [0.4, 0.5) is 11.4 Å². The van der Waals surface area contributed by atoms with Crippen LogP contribution in [0.3, 0.4) is 0 Å². The lowest BCUT2D eigenvalue weighted by Crippen LogP contribution is -2.20. The van der Waals surface area contributed by atoms with E-state index in [1.807, 2.05) is 49.4 Å². The molecule has 2 N–H and O–H groups in total. The van der Waals surface area contributed by atoms with Crippen molar-refractivity contribution >= 4 is 23.2 Å². The van der Waals surface area contributed by atoms with Crippen molar-refractivity contribution in [2.24, 2.45) is 0 Å². The van der Waals surface area contributed by atoms with Crippen molar-refractivity contribution in [2.75, 3.05) is 24.4 Å². The second kappa shape index (κ2) is 11.7. The third kappa shape index (κ3) is 7.10. The maximum absolute atomic E-state index is 12.6. The van der Waals surface area contributed by atoms with Crippen molar-refractivity contribution in [3.8, 4) is 11.5 Å². The molecular weight excluding hydrogens is 416 g/mol. The van der Waals surface area contributed by atoms with E-state index in [-0.39, 0.29) is 18.4 Å². The van der Waals surface area contributed by atoms with Gasteiger partial charge in [-0.25, -0.2) is 0 Å². The van der Waals surface area contributed by atoms with Gasteiger partial charge in [-0.1, -0.05) is 31.5 Å². The van der Waals surface area contributed by atoms with Crippen LogP contribution in [0.15, 0.2) is 66.7 Å². The molecule has 0 fully saturated rings. The van der Waals surface area contributed by atoms with E-state index in [2.05, 4.69) is 17.6 Å². The van der Waals surface area contributed by atoms with Crippen LogP contribution in [0.1, 0.15) is 41.3 Å². The molecule has 0 saturated heterocycles. The van der Waals surface area contributed by atoms with E-state index in [4.69, 9.17) is 9.47 Å². The van der Waals surface area contributed by atoms with Gasteiger partial charge in [0.2, 0.25) is 0 Å². The highest BCUT2D eigenvalue weighted by atomic mass is 16.5. The van der Waals surface area contributed by atoms with Crippen LogP contribution in [-0.4, -0.2) is 25.5 Å². The Morgan fingerprint density at radius 3 is 2.30 bits per heavy atom. The highest BCUT2D eigenvalue weighted by molar-refractivity contribution is 6.05. The third-order valence-electron chi connectivity index (χ3n) is 5.15. The lowest BCUT2D eigenvalue weighted by molar-refractivity contribution is -0.118. The summed E-state index contributed by atoms with van der Waals surface area (Å²) in [6.07, 6.45) is 3.35. The average Bonchev–Trinajstić information content (AvgIpc) is 2.83. The third-order valence-corrected chi connectivity index (χ3v) is 5.15. The summed E-state index contributed by atoms with van der Waals surface area (Å²) in [6, 6.07) is 20.1. The number of aryl methyl sites for hydroxylation is 2. The fourth-order valence-corrected chi connectivity index (χ4v) is 3.30. The Kier molecular flexibility index (Phi) is 8.47.